The molecule has 0 N–H and O–H groups in total. The van der Waals surface area contributed by atoms with Gasteiger partial charge in [0.1, 0.15) is 11.5 Å². The average Bonchev–Trinajstić information content (AvgIpc) is 2.77. The molecular formula is C24H24FN3O2. The number of hydrogen-bond donors (Lipinski definition) is 0. The van der Waals surface area contributed by atoms with E-state index < -0.39 is 5.82 Å². The van der Waals surface area contributed by atoms with E-state index in [1.807, 2.05) is 19.1 Å². The summed E-state index contributed by atoms with van der Waals surface area (Å²) < 4.78 is 14.6. The van der Waals surface area contributed by atoms with Crippen molar-refractivity contribution in [3.8, 4) is 11.1 Å². The van der Waals surface area contributed by atoms with Crippen molar-refractivity contribution in [3.63, 3.8) is 0 Å². The minimum absolute atomic E-state index is 0.0716. The molecule has 5 nitrogen and oxygen atoms in total. The first-order chi connectivity index (χ1) is 14.4. The van der Waals surface area contributed by atoms with Gasteiger partial charge in [-0.05, 0) is 49.2 Å². The average molecular weight is 405 g/mol. The smallest absolute Gasteiger partial charge is 0.226 e. The summed E-state index contributed by atoms with van der Waals surface area (Å²) in [6, 6.07) is 11.8. The van der Waals surface area contributed by atoms with Gasteiger partial charge in [0.15, 0.2) is 5.78 Å². The lowest BCUT2D eigenvalue weighted by atomic mass is 10.0. The van der Waals surface area contributed by atoms with Gasteiger partial charge in [-0.1, -0.05) is 19.1 Å². The molecule has 0 atom stereocenters. The summed E-state index contributed by atoms with van der Waals surface area (Å²) in [6.07, 6.45) is 4.55. The fraction of sp³-hybridized carbons (Fsp3) is 0.250. The Morgan fingerprint density at radius 2 is 1.83 bits per heavy atom. The Bertz CT molecular complexity index is 1050. The molecule has 0 bridgehead atoms. The molecule has 0 aliphatic carbocycles. The Kier molecular flexibility index (Phi) is 6.67. The highest BCUT2D eigenvalue weighted by atomic mass is 19.1. The van der Waals surface area contributed by atoms with E-state index in [1.165, 1.54) is 17.2 Å². The number of aryl methyl sites for hydroxylation is 2. The van der Waals surface area contributed by atoms with Gasteiger partial charge in [-0.15, -0.1) is 0 Å². The molecule has 2 aromatic heterocycles. The first kappa shape index (κ1) is 21.3. The van der Waals surface area contributed by atoms with E-state index in [4.69, 9.17) is 0 Å². The van der Waals surface area contributed by atoms with Crippen molar-refractivity contribution in [2.45, 2.75) is 33.1 Å². The summed E-state index contributed by atoms with van der Waals surface area (Å²) in [6.45, 7) is 3.68. The van der Waals surface area contributed by atoms with Crippen LogP contribution in [-0.2, 0) is 11.2 Å². The van der Waals surface area contributed by atoms with Gasteiger partial charge >= 0.3 is 0 Å². The fourth-order valence-corrected chi connectivity index (χ4v) is 3.08. The van der Waals surface area contributed by atoms with Gasteiger partial charge in [-0.2, -0.15) is 0 Å². The number of ketones is 1. The Morgan fingerprint density at radius 1 is 1.03 bits per heavy atom. The number of benzene rings is 1. The molecular weight excluding hydrogens is 381 g/mol. The van der Waals surface area contributed by atoms with Crippen molar-refractivity contribution in [2.75, 3.05) is 11.9 Å². The number of rotatable bonds is 7. The molecule has 30 heavy (non-hydrogen) atoms. The zero-order valence-electron chi connectivity index (χ0n) is 17.4. The second-order valence-corrected chi connectivity index (χ2v) is 7.13. The van der Waals surface area contributed by atoms with Crippen molar-refractivity contribution in [2.24, 2.45) is 0 Å². The molecule has 1 amide bonds. The molecule has 3 rings (SSSR count). The van der Waals surface area contributed by atoms with Gasteiger partial charge in [0.2, 0.25) is 5.91 Å². The maximum absolute atomic E-state index is 14.6. The number of amides is 1. The van der Waals surface area contributed by atoms with E-state index in [9.17, 15) is 14.0 Å². The molecule has 0 aliphatic rings. The zero-order valence-corrected chi connectivity index (χ0v) is 17.4. The van der Waals surface area contributed by atoms with Crippen LogP contribution in [0, 0.1) is 12.7 Å². The number of hydrogen-bond acceptors (Lipinski definition) is 4. The topological polar surface area (TPSA) is 63.2 Å². The summed E-state index contributed by atoms with van der Waals surface area (Å²) in [5, 5.41) is 0. The molecule has 2 heterocycles. The monoisotopic (exact) mass is 405 g/mol. The number of anilines is 1. The molecule has 0 unspecified atom stereocenters. The first-order valence-electron chi connectivity index (χ1n) is 9.86. The van der Waals surface area contributed by atoms with Crippen molar-refractivity contribution in [1.29, 1.82) is 0 Å². The second-order valence-electron chi connectivity index (χ2n) is 7.13. The van der Waals surface area contributed by atoms with Crippen LogP contribution >= 0.6 is 0 Å². The summed E-state index contributed by atoms with van der Waals surface area (Å²) in [4.78, 5) is 34.1. The number of carbonyl (C=O) groups excluding carboxylic acids is 2. The third-order valence-corrected chi connectivity index (χ3v) is 4.99. The fourth-order valence-electron chi connectivity index (χ4n) is 3.08. The molecule has 0 aliphatic heterocycles. The molecule has 0 fully saturated rings. The minimum Gasteiger partial charge on any atom is -0.315 e. The van der Waals surface area contributed by atoms with Crippen LogP contribution in [-0.4, -0.2) is 28.7 Å². The molecule has 0 saturated carbocycles. The normalized spacial score (nSPS) is 10.7. The molecule has 154 valence electrons. The van der Waals surface area contributed by atoms with E-state index in [0.717, 1.165) is 11.3 Å². The van der Waals surface area contributed by atoms with Crippen LogP contribution in [0.25, 0.3) is 11.1 Å². The van der Waals surface area contributed by atoms with Gasteiger partial charge in [-0.25, -0.2) is 4.39 Å². The first-order valence-corrected chi connectivity index (χ1v) is 9.86. The second kappa shape index (κ2) is 9.39. The number of halogens is 1. The number of carbonyl (C=O) groups is 2. The molecule has 0 radical (unpaired) electrons. The number of aromatic nitrogens is 2. The van der Waals surface area contributed by atoms with Gasteiger partial charge in [0, 0.05) is 54.8 Å². The van der Waals surface area contributed by atoms with Gasteiger partial charge < -0.3 is 4.90 Å². The standard InChI is InChI=1S/C24H24FN3O2/c1-4-24(30)28(3)19-9-10-20(21(25)13-19)18-8-11-22(27-15-18)23(29)12-7-17-6-5-16(2)26-14-17/h5-6,8-11,13-15H,4,7,12H2,1-3H3. The summed E-state index contributed by atoms with van der Waals surface area (Å²) >= 11 is 0. The quantitative estimate of drug-likeness (QED) is 0.531. The lowest BCUT2D eigenvalue weighted by Crippen LogP contribution is -2.25. The zero-order chi connectivity index (χ0) is 21.7. The highest BCUT2D eigenvalue weighted by Crippen LogP contribution is 2.26. The van der Waals surface area contributed by atoms with Crippen molar-refractivity contribution in [3.05, 3.63) is 77.6 Å². The van der Waals surface area contributed by atoms with Crippen LogP contribution in [0.4, 0.5) is 10.1 Å². The van der Waals surface area contributed by atoms with Crippen LogP contribution in [0.1, 0.15) is 41.5 Å². The Morgan fingerprint density at radius 3 is 2.43 bits per heavy atom. The van der Waals surface area contributed by atoms with E-state index >= 15 is 0 Å². The summed E-state index contributed by atoms with van der Waals surface area (Å²) in [5.74, 6) is -0.609. The van der Waals surface area contributed by atoms with Crippen LogP contribution in [0.3, 0.4) is 0 Å². The van der Waals surface area contributed by atoms with Gasteiger partial charge in [0.25, 0.3) is 0 Å². The molecule has 3 aromatic rings. The lowest BCUT2D eigenvalue weighted by Gasteiger charge is -2.17. The van der Waals surface area contributed by atoms with Crippen LogP contribution < -0.4 is 4.90 Å². The van der Waals surface area contributed by atoms with Crippen molar-refractivity contribution in [1.82, 2.24) is 9.97 Å². The van der Waals surface area contributed by atoms with Crippen molar-refractivity contribution >= 4 is 17.4 Å². The van der Waals surface area contributed by atoms with E-state index in [-0.39, 0.29) is 11.7 Å². The third kappa shape index (κ3) is 4.95. The van der Waals surface area contributed by atoms with Crippen LogP contribution in [0.15, 0.2) is 54.9 Å². The third-order valence-electron chi connectivity index (χ3n) is 4.99. The number of pyridine rings is 2. The van der Waals surface area contributed by atoms with Crippen molar-refractivity contribution < 1.29 is 14.0 Å². The molecule has 0 saturated heterocycles. The Balaban J connectivity index is 1.69. The highest BCUT2D eigenvalue weighted by molar-refractivity contribution is 5.95. The molecule has 1 aromatic carbocycles. The Labute approximate surface area is 175 Å². The molecule has 6 heteroatoms. The summed E-state index contributed by atoms with van der Waals surface area (Å²) in [7, 11) is 1.62. The van der Waals surface area contributed by atoms with E-state index in [0.29, 0.717) is 41.8 Å². The SMILES string of the molecule is CCC(=O)N(C)c1ccc(-c2ccc(C(=O)CCc3ccc(C)nc3)nc2)c(F)c1. The van der Waals surface area contributed by atoms with Crippen LogP contribution in [0.5, 0.6) is 0 Å². The maximum atomic E-state index is 14.6. The predicted octanol–water partition coefficient (Wildman–Crippen LogP) is 4.78. The number of Topliss-reactive ketones (excluding diaryl/α,β-unsaturated/α-hetero) is 1. The maximum Gasteiger partial charge on any atom is 0.226 e. The largest absolute Gasteiger partial charge is 0.315 e. The number of nitrogens with zero attached hydrogens (tertiary/aromatic N) is 3. The van der Waals surface area contributed by atoms with E-state index in [2.05, 4.69) is 9.97 Å². The Hall–Kier alpha value is -3.41. The van der Waals surface area contributed by atoms with Gasteiger partial charge in [0.05, 0.1) is 0 Å². The van der Waals surface area contributed by atoms with Crippen LogP contribution in [0.2, 0.25) is 0 Å². The predicted molar refractivity (Wildman–Crippen MR) is 115 cm³/mol. The highest BCUT2D eigenvalue weighted by Gasteiger charge is 2.14. The summed E-state index contributed by atoms with van der Waals surface area (Å²) in [5.41, 5.74) is 3.72. The molecule has 0 spiro atoms. The van der Waals surface area contributed by atoms with E-state index in [1.54, 1.807) is 44.4 Å². The lowest BCUT2D eigenvalue weighted by molar-refractivity contribution is -0.118. The van der Waals surface area contributed by atoms with Gasteiger partial charge in [-0.3, -0.25) is 19.6 Å². The minimum atomic E-state index is -0.448.